The number of aryl methyl sites for hydroxylation is 1. The first-order valence-electron chi connectivity index (χ1n) is 7.84. The Bertz CT molecular complexity index is 1010. The number of nitrogens with zero attached hydrogens (tertiary/aromatic N) is 2. The van der Waals surface area contributed by atoms with Crippen molar-refractivity contribution in [1.82, 2.24) is 4.40 Å². The molecule has 0 fully saturated rings. The number of Topliss-reactive ketones (excluding diaryl/α,β-unsaturated/α-hetero) is 1. The number of ketones is 1. The summed E-state index contributed by atoms with van der Waals surface area (Å²) in [5.41, 5.74) is 0.711. The number of nitriles is 1. The molecule has 0 aliphatic rings. The van der Waals surface area contributed by atoms with E-state index in [-0.39, 0.29) is 16.9 Å². The van der Waals surface area contributed by atoms with E-state index in [1.54, 1.807) is 42.0 Å². The molecule has 0 unspecified atom stereocenters. The Morgan fingerprint density at radius 1 is 1.32 bits per heavy atom. The van der Waals surface area contributed by atoms with Crippen molar-refractivity contribution in [2.24, 2.45) is 0 Å². The molecule has 4 nitrogen and oxygen atoms in total. The van der Waals surface area contributed by atoms with Crippen molar-refractivity contribution < 1.29 is 4.79 Å². The monoisotopic (exact) mass is 368 g/mol. The van der Waals surface area contributed by atoms with Crippen molar-refractivity contribution in [3.05, 3.63) is 68.3 Å². The van der Waals surface area contributed by atoms with Crippen LogP contribution in [0, 0.1) is 11.3 Å². The fourth-order valence-corrected chi connectivity index (χ4v) is 4.37. The maximum absolute atomic E-state index is 12.9. The first kappa shape index (κ1) is 17.5. The second-order valence-corrected chi connectivity index (χ2v) is 7.36. The molecule has 3 aromatic heterocycles. The van der Waals surface area contributed by atoms with Gasteiger partial charge in [-0.05, 0) is 42.7 Å². The van der Waals surface area contributed by atoms with E-state index in [0.29, 0.717) is 22.4 Å². The minimum absolute atomic E-state index is 0.0268. The predicted octanol–water partition coefficient (Wildman–Crippen LogP) is 4.16. The number of fused-ring (bicyclic) bond motifs is 1. The summed E-state index contributed by atoms with van der Waals surface area (Å²) in [5, 5.41) is 11.4. The van der Waals surface area contributed by atoms with Crippen molar-refractivity contribution in [3.8, 4) is 6.07 Å². The average Bonchev–Trinajstić information content (AvgIpc) is 3.14. The van der Waals surface area contributed by atoms with Gasteiger partial charge in [-0.15, -0.1) is 23.1 Å². The molecule has 0 atom stereocenters. The number of hydrogen-bond acceptors (Lipinski definition) is 5. The Morgan fingerprint density at radius 3 is 2.84 bits per heavy atom. The highest BCUT2D eigenvalue weighted by atomic mass is 32.2. The number of rotatable bonds is 6. The van der Waals surface area contributed by atoms with Gasteiger partial charge in [-0.2, -0.15) is 5.26 Å². The molecule has 0 aliphatic carbocycles. The summed E-state index contributed by atoms with van der Waals surface area (Å²) >= 11 is 2.97. The lowest BCUT2D eigenvalue weighted by atomic mass is 10.0. The number of thioether (sulfide) groups is 1. The molecule has 0 radical (unpaired) electrons. The molecule has 126 valence electrons. The SMILES string of the molecule is CSc1c(C#N)c(=O)n2ccccc2c1C(=O)CCCc1cccs1. The topological polar surface area (TPSA) is 62.3 Å². The van der Waals surface area contributed by atoms with Crippen LogP contribution in [0.4, 0.5) is 0 Å². The first-order valence-corrected chi connectivity index (χ1v) is 9.94. The molecule has 0 bridgehead atoms. The van der Waals surface area contributed by atoms with Gasteiger partial charge in [-0.25, -0.2) is 0 Å². The second kappa shape index (κ2) is 7.68. The van der Waals surface area contributed by atoms with Gasteiger partial charge in [0.05, 0.1) is 11.1 Å². The molecule has 0 spiro atoms. The number of carbonyl (C=O) groups excluding carboxylic acids is 1. The molecule has 0 N–H and O–H groups in total. The van der Waals surface area contributed by atoms with Gasteiger partial charge in [-0.3, -0.25) is 14.0 Å². The van der Waals surface area contributed by atoms with E-state index in [9.17, 15) is 14.9 Å². The van der Waals surface area contributed by atoms with Crippen LogP contribution in [0.25, 0.3) is 5.52 Å². The lowest BCUT2D eigenvalue weighted by Gasteiger charge is -2.13. The zero-order valence-corrected chi connectivity index (χ0v) is 15.3. The van der Waals surface area contributed by atoms with Gasteiger partial charge < -0.3 is 0 Å². The number of thiophene rings is 1. The fourth-order valence-electron chi connectivity index (χ4n) is 2.86. The zero-order valence-electron chi connectivity index (χ0n) is 13.7. The molecule has 6 heteroatoms. The van der Waals surface area contributed by atoms with Crippen molar-refractivity contribution >= 4 is 34.4 Å². The normalized spacial score (nSPS) is 10.7. The van der Waals surface area contributed by atoms with Crippen molar-refractivity contribution in [2.75, 3.05) is 6.26 Å². The first-order chi connectivity index (χ1) is 12.2. The Labute approximate surface area is 153 Å². The quantitative estimate of drug-likeness (QED) is 0.484. The second-order valence-electron chi connectivity index (χ2n) is 5.51. The van der Waals surface area contributed by atoms with Gasteiger partial charge in [0.15, 0.2) is 5.78 Å². The fraction of sp³-hybridized carbons (Fsp3) is 0.211. The van der Waals surface area contributed by atoms with Crippen LogP contribution in [0.15, 0.2) is 51.6 Å². The minimum atomic E-state index is -0.377. The van der Waals surface area contributed by atoms with Crippen molar-refractivity contribution in [3.63, 3.8) is 0 Å². The third kappa shape index (κ3) is 3.39. The molecule has 0 saturated carbocycles. The summed E-state index contributed by atoms with van der Waals surface area (Å²) in [4.78, 5) is 27.2. The summed E-state index contributed by atoms with van der Waals surface area (Å²) in [6.07, 6.45) is 5.38. The van der Waals surface area contributed by atoms with Crippen LogP contribution in [0.1, 0.15) is 33.6 Å². The van der Waals surface area contributed by atoms with E-state index >= 15 is 0 Å². The van der Waals surface area contributed by atoms with Gasteiger partial charge in [0.2, 0.25) is 0 Å². The third-order valence-electron chi connectivity index (χ3n) is 4.00. The molecule has 3 aromatic rings. The number of carbonyl (C=O) groups is 1. The van der Waals surface area contributed by atoms with Crippen LogP contribution < -0.4 is 5.56 Å². The molecule has 25 heavy (non-hydrogen) atoms. The van der Waals surface area contributed by atoms with E-state index in [1.165, 1.54) is 21.0 Å². The largest absolute Gasteiger partial charge is 0.294 e. The Balaban J connectivity index is 2.02. The molecular weight excluding hydrogens is 352 g/mol. The van der Waals surface area contributed by atoms with E-state index in [0.717, 1.165) is 12.8 Å². The van der Waals surface area contributed by atoms with E-state index in [2.05, 4.69) is 6.07 Å². The summed E-state index contributed by atoms with van der Waals surface area (Å²) < 4.78 is 1.39. The molecule has 3 heterocycles. The highest BCUT2D eigenvalue weighted by Crippen LogP contribution is 2.28. The molecule has 0 aliphatic heterocycles. The number of aromatic nitrogens is 1. The van der Waals surface area contributed by atoms with Crippen LogP contribution in [-0.4, -0.2) is 16.4 Å². The standard InChI is InChI=1S/C19H16N2O2S2/c1-24-18-14(12-20)19(23)21-10-3-2-8-15(21)17(18)16(22)9-4-6-13-7-5-11-25-13/h2-3,5,7-8,10-11H,4,6,9H2,1H3. The van der Waals surface area contributed by atoms with Gasteiger partial charge >= 0.3 is 0 Å². The average molecular weight is 368 g/mol. The molecule has 0 aromatic carbocycles. The van der Waals surface area contributed by atoms with Gasteiger partial charge in [0, 0.05) is 22.4 Å². The Kier molecular flexibility index (Phi) is 5.37. The highest BCUT2D eigenvalue weighted by Gasteiger charge is 2.21. The smallest absolute Gasteiger partial charge is 0.274 e. The zero-order chi connectivity index (χ0) is 17.8. The van der Waals surface area contributed by atoms with Gasteiger partial charge in [0.25, 0.3) is 5.56 Å². The molecule has 0 amide bonds. The summed E-state index contributed by atoms with van der Waals surface area (Å²) in [6, 6.07) is 11.3. The summed E-state index contributed by atoms with van der Waals surface area (Å²) in [6.45, 7) is 0. The molecule has 0 saturated heterocycles. The third-order valence-corrected chi connectivity index (χ3v) is 5.76. The van der Waals surface area contributed by atoms with Gasteiger partial charge in [0.1, 0.15) is 11.6 Å². The maximum atomic E-state index is 12.9. The van der Waals surface area contributed by atoms with E-state index < -0.39 is 0 Å². The molecular formula is C19H16N2O2S2. The van der Waals surface area contributed by atoms with E-state index in [1.807, 2.05) is 17.5 Å². The highest BCUT2D eigenvalue weighted by molar-refractivity contribution is 7.98. The summed E-state index contributed by atoms with van der Waals surface area (Å²) in [7, 11) is 0. The van der Waals surface area contributed by atoms with Crippen LogP contribution in [-0.2, 0) is 6.42 Å². The van der Waals surface area contributed by atoms with Crippen LogP contribution in [0.2, 0.25) is 0 Å². The van der Waals surface area contributed by atoms with Gasteiger partial charge in [-0.1, -0.05) is 12.1 Å². The Hall–Kier alpha value is -2.36. The minimum Gasteiger partial charge on any atom is -0.294 e. The predicted molar refractivity (Wildman–Crippen MR) is 102 cm³/mol. The Morgan fingerprint density at radius 2 is 2.16 bits per heavy atom. The summed E-state index contributed by atoms with van der Waals surface area (Å²) in [5.74, 6) is -0.0268. The van der Waals surface area contributed by atoms with Crippen LogP contribution >= 0.6 is 23.1 Å². The van der Waals surface area contributed by atoms with E-state index in [4.69, 9.17) is 0 Å². The number of pyridine rings is 2. The lowest BCUT2D eigenvalue weighted by molar-refractivity contribution is 0.0978. The van der Waals surface area contributed by atoms with Crippen molar-refractivity contribution in [2.45, 2.75) is 24.2 Å². The maximum Gasteiger partial charge on any atom is 0.274 e. The number of hydrogen-bond donors (Lipinski definition) is 0. The lowest BCUT2D eigenvalue weighted by Crippen LogP contribution is -2.21. The molecule has 3 rings (SSSR count). The van der Waals surface area contributed by atoms with Crippen molar-refractivity contribution in [1.29, 1.82) is 5.26 Å². The van der Waals surface area contributed by atoms with Crippen LogP contribution in [0.5, 0.6) is 0 Å². The van der Waals surface area contributed by atoms with Crippen LogP contribution in [0.3, 0.4) is 0 Å².